The maximum atomic E-state index is 12.3. The van der Waals surface area contributed by atoms with Crippen LogP contribution in [0.5, 0.6) is 5.75 Å². The van der Waals surface area contributed by atoms with E-state index in [2.05, 4.69) is 0 Å². The normalized spacial score (nSPS) is 15.0. The SMILES string of the molecule is O=C(Oc1ccc(Cl)cc1)C1CCN(c2ccccc2[N+](=O)[O-])CC1. The summed E-state index contributed by atoms with van der Waals surface area (Å²) < 4.78 is 5.39. The molecule has 0 aliphatic carbocycles. The number of para-hydroxylation sites is 2. The van der Waals surface area contributed by atoms with Gasteiger partial charge >= 0.3 is 5.97 Å². The number of hydrogen-bond donors (Lipinski definition) is 0. The lowest BCUT2D eigenvalue weighted by Crippen LogP contribution is -2.37. The van der Waals surface area contributed by atoms with Crippen LogP contribution in [0.2, 0.25) is 5.02 Å². The molecule has 25 heavy (non-hydrogen) atoms. The first-order chi connectivity index (χ1) is 12.0. The number of piperidine rings is 1. The lowest BCUT2D eigenvalue weighted by Gasteiger charge is -2.32. The van der Waals surface area contributed by atoms with E-state index < -0.39 is 0 Å². The molecule has 1 fully saturated rings. The third kappa shape index (κ3) is 4.09. The van der Waals surface area contributed by atoms with Crippen molar-refractivity contribution in [1.29, 1.82) is 0 Å². The number of benzene rings is 2. The molecule has 6 nitrogen and oxygen atoms in total. The summed E-state index contributed by atoms with van der Waals surface area (Å²) >= 11 is 5.81. The summed E-state index contributed by atoms with van der Waals surface area (Å²) in [7, 11) is 0. The second kappa shape index (κ2) is 7.53. The summed E-state index contributed by atoms with van der Waals surface area (Å²) in [6.07, 6.45) is 1.19. The van der Waals surface area contributed by atoms with Gasteiger partial charge in [-0.3, -0.25) is 14.9 Å². The van der Waals surface area contributed by atoms with E-state index in [-0.39, 0.29) is 22.5 Å². The average molecular weight is 361 g/mol. The largest absolute Gasteiger partial charge is 0.426 e. The topological polar surface area (TPSA) is 72.7 Å². The van der Waals surface area contributed by atoms with Crippen LogP contribution in [0.1, 0.15) is 12.8 Å². The van der Waals surface area contributed by atoms with E-state index in [1.165, 1.54) is 6.07 Å². The lowest BCUT2D eigenvalue weighted by molar-refractivity contribution is -0.384. The highest BCUT2D eigenvalue weighted by Crippen LogP contribution is 2.31. The van der Waals surface area contributed by atoms with Crippen LogP contribution in [-0.2, 0) is 4.79 Å². The molecule has 0 bridgehead atoms. The second-order valence-corrected chi connectivity index (χ2v) is 6.32. The van der Waals surface area contributed by atoms with Crippen molar-refractivity contribution >= 4 is 28.9 Å². The molecule has 0 unspecified atom stereocenters. The molecule has 2 aromatic carbocycles. The molecule has 7 heteroatoms. The quantitative estimate of drug-likeness (QED) is 0.355. The monoisotopic (exact) mass is 360 g/mol. The number of nitrogens with zero attached hydrogens (tertiary/aromatic N) is 2. The first-order valence-corrected chi connectivity index (χ1v) is 8.38. The summed E-state index contributed by atoms with van der Waals surface area (Å²) in [6, 6.07) is 13.3. The molecule has 0 atom stereocenters. The third-order valence-electron chi connectivity index (χ3n) is 4.28. The van der Waals surface area contributed by atoms with Gasteiger partial charge in [-0.05, 0) is 43.2 Å². The molecular weight excluding hydrogens is 344 g/mol. The molecule has 3 rings (SSSR count). The predicted molar refractivity (Wildman–Crippen MR) is 95.1 cm³/mol. The molecule has 1 aliphatic rings. The highest BCUT2D eigenvalue weighted by molar-refractivity contribution is 6.30. The Morgan fingerprint density at radius 3 is 2.40 bits per heavy atom. The number of rotatable bonds is 4. The maximum absolute atomic E-state index is 12.3. The van der Waals surface area contributed by atoms with E-state index in [9.17, 15) is 14.9 Å². The zero-order chi connectivity index (χ0) is 17.8. The number of carbonyl (C=O) groups is 1. The van der Waals surface area contributed by atoms with Crippen LogP contribution < -0.4 is 9.64 Å². The van der Waals surface area contributed by atoms with E-state index in [1.807, 2.05) is 4.90 Å². The molecule has 1 heterocycles. The van der Waals surface area contributed by atoms with Gasteiger partial charge in [0.2, 0.25) is 0 Å². The van der Waals surface area contributed by atoms with E-state index in [4.69, 9.17) is 16.3 Å². The number of nitro benzene ring substituents is 1. The fourth-order valence-electron chi connectivity index (χ4n) is 2.94. The molecule has 1 saturated heterocycles. The summed E-state index contributed by atoms with van der Waals surface area (Å²) in [5.41, 5.74) is 0.682. The molecule has 0 amide bonds. The number of carbonyl (C=O) groups excluding carboxylic acids is 1. The lowest BCUT2D eigenvalue weighted by atomic mass is 9.96. The van der Waals surface area contributed by atoms with E-state index in [0.29, 0.717) is 42.4 Å². The molecular formula is C18H17ClN2O4. The van der Waals surface area contributed by atoms with Gasteiger partial charge in [-0.25, -0.2) is 0 Å². The zero-order valence-electron chi connectivity index (χ0n) is 13.4. The van der Waals surface area contributed by atoms with Crippen molar-refractivity contribution in [3.63, 3.8) is 0 Å². The summed E-state index contributed by atoms with van der Waals surface area (Å²) in [5.74, 6) is -0.0187. The zero-order valence-corrected chi connectivity index (χ0v) is 14.2. The van der Waals surface area contributed by atoms with Gasteiger partial charge in [-0.2, -0.15) is 0 Å². The van der Waals surface area contributed by atoms with Crippen LogP contribution in [0.4, 0.5) is 11.4 Å². The predicted octanol–water partition coefficient (Wildman–Crippen LogP) is 4.07. The van der Waals surface area contributed by atoms with Crippen molar-refractivity contribution in [3.8, 4) is 5.75 Å². The highest BCUT2D eigenvalue weighted by Gasteiger charge is 2.29. The Balaban J connectivity index is 1.61. The number of ether oxygens (including phenoxy) is 1. The minimum absolute atomic E-state index is 0.0877. The van der Waals surface area contributed by atoms with Crippen molar-refractivity contribution in [2.75, 3.05) is 18.0 Å². The summed E-state index contributed by atoms with van der Waals surface area (Å²) in [4.78, 5) is 25.0. The molecule has 0 radical (unpaired) electrons. The van der Waals surface area contributed by atoms with Gasteiger partial charge in [0.05, 0.1) is 10.8 Å². The highest BCUT2D eigenvalue weighted by atomic mass is 35.5. The Morgan fingerprint density at radius 2 is 1.76 bits per heavy atom. The van der Waals surface area contributed by atoms with Crippen LogP contribution in [0, 0.1) is 16.0 Å². The van der Waals surface area contributed by atoms with E-state index >= 15 is 0 Å². The van der Waals surface area contributed by atoms with Crippen molar-refractivity contribution in [2.45, 2.75) is 12.8 Å². The van der Waals surface area contributed by atoms with E-state index in [1.54, 1.807) is 42.5 Å². The Bertz CT molecular complexity index is 771. The Morgan fingerprint density at radius 1 is 1.12 bits per heavy atom. The standard InChI is InChI=1S/C18H17ClN2O4/c19-14-5-7-15(8-6-14)25-18(22)13-9-11-20(12-10-13)16-3-1-2-4-17(16)21(23)24/h1-8,13H,9-12H2. The van der Waals surface area contributed by atoms with Gasteiger partial charge in [0.25, 0.3) is 5.69 Å². The molecule has 0 aromatic heterocycles. The van der Waals surface area contributed by atoms with Gasteiger partial charge in [0, 0.05) is 24.2 Å². The molecule has 2 aromatic rings. The average Bonchev–Trinajstić information content (AvgIpc) is 2.63. The maximum Gasteiger partial charge on any atom is 0.314 e. The second-order valence-electron chi connectivity index (χ2n) is 5.88. The van der Waals surface area contributed by atoms with Gasteiger partial charge in [0.15, 0.2) is 0 Å². The van der Waals surface area contributed by atoms with Crippen LogP contribution in [0.15, 0.2) is 48.5 Å². The Labute approximate surface area is 150 Å². The number of hydrogen-bond acceptors (Lipinski definition) is 5. The smallest absolute Gasteiger partial charge is 0.314 e. The van der Waals surface area contributed by atoms with Gasteiger partial charge < -0.3 is 9.64 Å². The number of anilines is 1. The number of halogens is 1. The van der Waals surface area contributed by atoms with Crippen LogP contribution >= 0.6 is 11.6 Å². The molecule has 1 aliphatic heterocycles. The number of esters is 1. The third-order valence-corrected chi connectivity index (χ3v) is 4.53. The van der Waals surface area contributed by atoms with Crippen molar-refractivity contribution in [2.24, 2.45) is 5.92 Å². The van der Waals surface area contributed by atoms with Crippen molar-refractivity contribution < 1.29 is 14.5 Å². The first-order valence-electron chi connectivity index (χ1n) is 8.00. The Hall–Kier alpha value is -2.60. The summed E-state index contributed by atoms with van der Waals surface area (Å²) in [6.45, 7) is 1.15. The van der Waals surface area contributed by atoms with E-state index in [0.717, 1.165) is 0 Å². The van der Waals surface area contributed by atoms with Gasteiger partial charge in [0.1, 0.15) is 11.4 Å². The minimum Gasteiger partial charge on any atom is -0.426 e. The number of nitro groups is 1. The van der Waals surface area contributed by atoms with Gasteiger partial charge in [-0.1, -0.05) is 23.7 Å². The molecule has 0 saturated carbocycles. The fraction of sp³-hybridized carbons (Fsp3) is 0.278. The molecule has 0 spiro atoms. The molecule has 0 N–H and O–H groups in total. The van der Waals surface area contributed by atoms with Crippen LogP contribution in [-0.4, -0.2) is 24.0 Å². The van der Waals surface area contributed by atoms with Crippen LogP contribution in [0.3, 0.4) is 0 Å². The van der Waals surface area contributed by atoms with Crippen molar-refractivity contribution in [3.05, 3.63) is 63.7 Å². The van der Waals surface area contributed by atoms with Gasteiger partial charge in [-0.15, -0.1) is 0 Å². The summed E-state index contributed by atoms with van der Waals surface area (Å²) in [5, 5.41) is 11.7. The first kappa shape index (κ1) is 17.2. The minimum atomic E-state index is -0.379. The van der Waals surface area contributed by atoms with Crippen molar-refractivity contribution in [1.82, 2.24) is 0 Å². The molecule has 130 valence electrons. The Kier molecular flexibility index (Phi) is 5.19. The van der Waals surface area contributed by atoms with Crippen LogP contribution in [0.25, 0.3) is 0 Å². The fourth-order valence-corrected chi connectivity index (χ4v) is 3.07.